The number of aliphatic hydroxyl groups excluding tert-OH is 2. The van der Waals surface area contributed by atoms with Crippen LogP contribution < -0.4 is 16.0 Å². The van der Waals surface area contributed by atoms with Gasteiger partial charge in [0, 0.05) is 33.7 Å². The number of carbonyl (C=O) groups excluding carboxylic acids is 5. The van der Waals surface area contributed by atoms with E-state index < -0.39 is 77.1 Å². The molecule has 1 aromatic heterocycles. The summed E-state index contributed by atoms with van der Waals surface area (Å²) in [4.78, 5) is 76.9. The molecule has 4 aliphatic carbocycles. The average Bonchev–Trinajstić information content (AvgIpc) is 3.88. The van der Waals surface area contributed by atoms with Gasteiger partial charge in [0.1, 0.15) is 12.6 Å². The van der Waals surface area contributed by atoms with Crippen molar-refractivity contribution in [3.05, 3.63) is 75.0 Å². The van der Waals surface area contributed by atoms with Crippen LogP contribution >= 0.6 is 27.3 Å². The lowest BCUT2D eigenvalue weighted by Gasteiger charge is -2.59. The van der Waals surface area contributed by atoms with Crippen LogP contribution in [-0.2, 0) is 51.1 Å². The van der Waals surface area contributed by atoms with Crippen LogP contribution in [0.2, 0.25) is 0 Å². The Morgan fingerprint density at radius 2 is 1.90 bits per heavy atom. The van der Waals surface area contributed by atoms with Crippen LogP contribution in [0.15, 0.2) is 54.1 Å². The number of ketones is 2. The number of ether oxygens (including phenoxy) is 2. The summed E-state index contributed by atoms with van der Waals surface area (Å²) in [5.74, 6) is -3.39. The smallest absolute Gasteiger partial charge is 0.303 e. The maximum absolute atomic E-state index is 14.1. The third-order valence-electron chi connectivity index (χ3n) is 13.7. The summed E-state index contributed by atoms with van der Waals surface area (Å²) in [5.41, 5.74) is 0.590. The number of alkyl halides is 1. The summed E-state index contributed by atoms with van der Waals surface area (Å²) in [5, 5.41) is 39.4. The topological polar surface area (TPSA) is 218 Å². The number of benzene rings is 1. The number of amides is 3. The van der Waals surface area contributed by atoms with Crippen LogP contribution in [0.5, 0.6) is 0 Å². The minimum Gasteiger partial charge on any atom is -0.481 e. The molecule has 16 heteroatoms. The summed E-state index contributed by atoms with van der Waals surface area (Å²) in [6.07, 6.45) is 5.97. The zero-order valence-corrected chi connectivity index (χ0v) is 36.2. The average molecular weight is 911 g/mol. The molecule has 0 radical (unpaired) electrons. The summed E-state index contributed by atoms with van der Waals surface area (Å²) >= 11 is 4.53. The molecule has 3 saturated carbocycles. The third-order valence-corrected chi connectivity index (χ3v) is 15.6. The molecule has 1 aromatic carbocycles. The number of hydrogen-bond acceptors (Lipinski definition) is 11. The van der Waals surface area contributed by atoms with Crippen LogP contribution in [-0.4, -0.2) is 92.9 Å². The molecule has 60 heavy (non-hydrogen) atoms. The number of anilines is 1. The van der Waals surface area contributed by atoms with Crippen molar-refractivity contribution in [1.82, 2.24) is 10.6 Å². The van der Waals surface area contributed by atoms with E-state index in [1.54, 1.807) is 30.4 Å². The van der Waals surface area contributed by atoms with Gasteiger partial charge in [0.05, 0.1) is 29.0 Å². The zero-order chi connectivity index (χ0) is 43.1. The minimum atomic E-state index is -1.47. The number of Topliss-reactive ketones (excluding diaryl/α,β-unsaturated/α-hetero) is 1. The maximum Gasteiger partial charge on any atom is 0.303 e. The fraction of sp³-hybridized carbons (Fsp3) is 0.545. The van der Waals surface area contributed by atoms with Gasteiger partial charge in [0.2, 0.25) is 17.7 Å². The largest absolute Gasteiger partial charge is 0.481 e. The summed E-state index contributed by atoms with van der Waals surface area (Å²) in [6, 6.07) is 8.05. The van der Waals surface area contributed by atoms with Crippen molar-refractivity contribution in [3.63, 3.8) is 0 Å². The molecule has 1 aliphatic heterocycles. The molecular formula is C44H52BrN3O11S. The van der Waals surface area contributed by atoms with E-state index in [-0.39, 0.29) is 54.7 Å². The molecule has 5 aliphatic rings. The number of carboxylic acids is 1. The van der Waals surface area contributed by atoms with E-state index in [1.807, 2.05) is 32.1 Å². The number of nitrogens with one attached hydrogen (secondary N) is 3. The van der Waals surface area contributed by atoms with Gasteiger partial charge in [-0.2, -0.15) is 0 Å². The number of fused-ring (bicyclic) bond motifs is 7. The second-order valence-corrected chi connectivity index (χ2v) is 18.8. The van der Waals surface area contributed by atoms with Gasteiger partial charge in [-0.15, -0.1) is 11.3 Å². The molecule has 0 unspecified atom stereocenters. The number of aliphatic carboxylic acids is 1. The summed E-state index contributed by atoms with van der Waals surface area (Å²) < 4.78 is 13.6. The van der Waals surface area contributed by atoms with E-state index in [4.69, 9.17) is 9.47 Å². The quantitative estimate of drug-likeness (QED) is 0.139. The molecular weight excluding hydrogens is 858 g/mol. The van der Waals surface area contributed by atoms with Crippen molar-refractivity contribution >= 4 is 68.2 Å². The van der Waals surface area contributed by atoms with Crippen molar-refractivity contribution in [3.8, 4) is 0 Å². The summed E-state index contributed by atoms with van der Waals surface area (Å²) in [6.45, 7) is 5.06. The van der Waals surface area contributed by atoms with E-state index in [0.717, 1.165) is 39.3 Å². The molecule has 3 amide bonds. The van der Waals surface area contributed by atoms with Gasteiger partial charge in [-0.05, 0) is 98.3 Å². The lowest BCUT2D eigenvalue weighted by molar-refractivity contribution is -0.200. The molecule has 14 nitrogen and oxygen atoms in total. The number of aliphatic hydroxyl groups is 2. The molecule has 4 fully saturated rings. The standard InChI is InChI=1S/C44H52BrN3O11S/c1-4-32-24(14-23-6-5-7-26(15-23)47-40(57)30(10-11-38(55)56)48-37(54)21-46-36(53)20-45)16-33(60-32)41-58-35-18-29-28-9-8-25-17-27(50)12-13-42(25,2)39(28)31(51)19-43(29,3)44(35,59-41)34(52)22-49/h5-7,12-13,15-17,28-31,35,39,41,49,51H,4,8-11,14,18-22H2,1-3H3,(H,46,53)(H,47,57)(H,48,54)(H,55,56)/t28-,29-,30-,31-,35+,39+,41+,42-,43-,44+/m0/s1. The van der Waals surface area contributed by atoms with Gasteiger partial charge in [-0.1, -0.05) is 60.5 Å². The normalized spacial score (nSPS) is 31.8. The van der Waals surface area contributed by atoms with Crippen molar-refractivity contribution in [1.29, 1.82) is 0 Å². The number of hydrogen-bond donors (Lipinski definition) is 6. The highest BCUT2D eigenvalue weighted by molar-refractivity contribution is 9.09. The highest BCUT2D eigenvalue weighted by Gasteiger charge is 2.76. The summed E-state index contributed by atoms with van der Waals surface area (Å²) in [7, 11) is 0. The maximum atomic E-state index is 14.1. The number of thiophene rings is 1. The first-order valence-corrected chi connectivity index (χ1v) is 22.5. The van der Waals surface area contributed by atoms with Crippen molar-refractivity contribution in [2.45, 2.75) is 102 Å². The fourth-order valence-corrected chi connectivity index (χ4v) is 12.4. The number of rotatable bonds is 15. The van der Waals surface area contributed by atoms with Crippen molar-refractivity contribution in [2.75, 3.05) is 23.8 Å². The predicted molar refractivity (Wildman–Crippen MR) is 224 cm³/mol. The van der Waals surface area contributed by atoms with Crippen molar-refractivity contribution < 1.29 is 53.6 Å². The van der Waals surface area contributed by atoms with Gasteiger partial charge in [-0.3, -0.25) is 28.8 Å². The molecule has 0 spiro atoms. The number of halogens is 1. The van der Waals surface area contributed by atoms with Crippen molar-refractivity contribution in [2.24, 2.45) is 28.6 Å². The van der Waals surface area contributed by atoms with E-state index >= 15 is 0 Å². The van der Waals surface area contributed by atoms with Crippen LogP contribution in [0.3, 0.4) is 0 Å². The zero-order valence-electron chi connectivity index (χ0n) is 33.8. The highest BCUT2D eigenvalue weighted by Crippen LogP contribution is 2.70. The lowest BCUT2D eigenvalue weighted by atomic mass is 9.46. The Morgan fingerprint density at radius 3 is 2.62 bits per heavy atom. The monoisotopic (exact) mass is 909 g/mol. The van der Waals surface area contributed by atoms with E-state index in [2.05, 4.69) is 38.8 Å². The van der Waals surface area contributed by atoms with Gasteiger partial charge in [0.25, 0.3) is 0 Å². The molecule has 10 atom stereocenters. The number of aryl methyl sites for hydroxylation is 1. The Bertz CT molecular complexity index is 2140. The Kier molecular flexibility index (Phi) is 12.7. The van der Waals surface area contributed by atoms with Crippen LogP contribution in [0.1, 0.15) is 86.5 Å². The Labute approximate surface area is 360 Å². The first kappa shape index (κ1) is 44.0. The molecule has 6 N–H and O–H groups in total. The van der Waals surface area contributed by atoms with E-state index in [1.165, 1.54) is 11.3 Å². The van der Waals surface area contributed by atoms with E-state index in [0.29, 0.717) is 24.9 Å². The number of carboxylic acid groups (broad SMARTS) is 1. The molecule has 7 rings (SSSR count). The van der Waals surface area contributed by atoms with Crippen LogP contribution in [0.4, 0.5) is 5.69 Å². The van der Waals surface area contributed by atoms with Gasteiger partial charge in [0.15, 0.2) is 23.5 Å². The van der Waals surface area contributed by atoms with Gasteiger partial charge >= 0.3 is 5.97 Å². The Morgan fingerprint density at radius 1 is 1.12 bits per heavy atom. The molecule has 2 aromatic rings. The molecule has 2 heterocycles. The Hall–Kier alpha value is -4.06. The second kappa shape index (κ2) is 17.4. The van der Waals surface area contributed by atoms with Crippen LogP contribution in [0.25, 0.3) is 0 Å². The SMILES string of the molecule is CCc1sc([C@@H]2O[C@@H]3C[C@H]4[C@@H]5CCC6=CC(=O)C=C[C@]6(C)[C@H]5[C@@H](O)C[C@]4(C)[C@]3(C(=O)CO)O2)cc1Cc1cccc(NC(=O)[C@H](CCC(=O)O)NC(=O)CNC(=O)CBr)c1. The third kappa shape index (κ3) is 7.95. The molecule has 322 valence electrons. The molecule has 1 saturated heterocycles. The molecule has 0 bridgehead atoms. The van der Waals surface area contributed by atoms with E-state index in [9.17, 15) is 44.1 Å². The fourth-order valence-electron chi connectivity index (χ4n) is 11.1. The predicted octanol–water partition coefficient (Wildman–Crippen LogP) is 4.30. The first-order valence-electron chi connectivity index (χ1n) is 20.5. The van der Waals surface area contributed by atoms with Crippen LogP contribution in [0, 0.1) is 28.6 Å². The Balaban J connectivity index is 1.08. The lowest BCUT2D eigenvalue weighted by Crippen LogP contribution is -2.63. The number of carbonyl (C=O) groups is 6. The highest BCUT2D eigenvalue weighted by atomic mass is 79.9. The minimum absolute atomic E-state index is 0.00298. The number of allylic oxidation sites excluding steroid dienone is 4. The van der Waals surface area contributed by atoms with Gasteiger partial charge < -0.3 is 40.7 Å². The first-order chi connectivity index (χ1) is 28.6. The second-order valence-electron chi connectivity index (χ2n) is 17.1. The van der Waals surface area contributed by atoms with Gasteiger partial charge in [-0.25, -0.2) is 0 Å².